The second kappa shape index (κ2) is 7.89. The first-order valence-electron chi connectivity index (χ1n) is 9.37. The van der Waals surface area contributed by atoms with E-state index in [4.69, 9.17) is 4.74 Å². The van der Waals surface area contributed by atoms with Crippen LogP contribution >= 0.6 is 0 Å². The lowest BCUT2D eigenvalue weighted by Crippen LogP contribution is -2.27. The summed E-state index contributed by atoms with van der Waals surface area (Å²) in [6.07, 6.45) is 1.75. The molecule has 0 bridgehead atoms. The fraction of sp³-hybridized carbons (Fsp3) is 0.381. The predicted molar refractivity (Wildman–Crippen MR) is 102 cm³/mol. The van der Waals surface area contributed by atoms with E-state index >= 15 is 0 Å². The van der Waals surface area contributed by atoms with Gasteiger partial charge in [-0.2, -0.15) is 0 Å². The zero-order valence-corrected chi connectivity index (χ0v) is 14.8. The molecule has 0 saturated carbocycles. The Balaban J connectivity index is 1.29. The van der Waals surface area contributed by atoms with Crippen molar-refractivity contribution in [1.29, 1.82) is 0 Å². The highest BCUT2D eigenvalue weighted by Gasteiger charge is 2.28. The number of ether oxygens (including phenoxy) is 1. The van der Waals surface area contributed by atoms with Crippen LogP contribution in [0.3, 0.4) is 0 Å². The van der Waals surface area contributed by atoms with Crippen molar-refractivity contribution in [3.05, 3.63) is 59.7 Å². The molecule has 1 saturated heterocycles. The first-order valence-corrected chi connectivity index (χ1v) is 9.37. The first-order chi connectivity index (χ1) is 12.8. The van der Waals surface area contributed by atoms with Gasteiger partial charge in [-0.25, -0.2) is 4.79 Å². The standard InChI is InChI=1S/C21H25N3O2/c25-21(22-11-5-6-15-12-23-24-13-15)26-14-20-18-9-3-1-7-16(18)17-8-2-4-10-19(17)20/h1-4,7-10,15,20,23-24H,5-6,11-14H2,(H,22,25). The SMILES string of the molecule is O=C(NCCCC1CNNC1)OCC1c2ccccc2-c2ccccc21. The van der Waals surface area contributed by atoms with E-state index in [2.05, 4.69) is 52.6 Å². The molecular weight excluding hydrogens is 326 g/mol. The summed E-state index contributed by atoms with van der Waals surface area (Å²) in [5.74, 6) is 0.767. The maximum atomic E-state index is 12.1. The van der Waals surface area contributed by atoms with E-state index in [1.54, 1.807) is 0 Å². The summed E-state index contributed by atoms with van der Waals surface area (Å²) >= 11 is 0. The van der Waals surface area contributed by atoms with Crippen molar-refractivity contribution < 1.29 is 9.53 Å². The predicted octanol–water partition coefficient (Wildman–Crippen LogP) is 3.03. The van der Waals surface area contributed by atoms with Crippen LogP contribution in [0.4, 0.5) is 4.79 Å². The molecule has 2 aromatic carbocycles. The van der Waals surface area contributed by atoms with Crippen molar-refractivity contribution in [3.63, 3.8) is 0 Å². The molecule has 1 aliphatic heterocycles. The molecule has 3 N–H and O–H groups in total. The number of amides is 1. The first kappa shape index (κ1) is 17.1. The number of benzene rings is 2. The molecule has 2 aliphatic rings. The Bertz CT molecular complexity index is 726. The fourth-order valence-corrected chi connectivity index (χ4v) is 3.94. The van der Waals surface area contributed by atoms with Crippen LogP contribution in [0.25, 0.3) is 11.1 Å². The lowest BCUT2D eigenvalue weighted by atomic mass is 9.98. The van der Waals surface area contributed by atoms with Crippen LogP contribution in [0.1, 0.15) is 29.9 Å². The third kappa shape index (κ3) is 3.59. The van der Waals surface area contributed by atoms with E-state index in [9.17, 15) is 4.79 Å². The van der Waals surface area contributed by atoms with Crippen molar-refractivity contribution in [1.82, 2.24) is 16.2 Å². The number of fused-ring (bicyclic) bond motifs is 3. The molecule has 0 radical (unpaired) electrons. The third-order valence-corrected chi connectivity index (χ3v) is 5.31. The minimum Gasteiger partial charge on any atom is -0.449 e. The van der Waals surface area contributed by atoms with Crippen molar-refractivity contribution in [2.24, 2.45) is 5.92 Å². The van der Waals surface area contributed by atoms with Crippen LogP contribution < -0.4 is 16.2 Å². The summed E-state index contributed by atoms with van der Waals surface area (Å²) in [6.45, 7) is 3.04. The van der Waals surface area contributed by atoms with Gasteiger partial charge in [0.05, 0.1) is 0 Å². The molecule has 0 atom stereocenters. The van der Waals surface area contributed by atoms with Crippen LogP contribution in [0.2, 0.25) is 0 Å². The molecule has 0 aromatic heterocycles. The Labute approximate surface area is 154 Å². The number of hydrogen-bond acceptors (Lipinski definition) is 4. The van der Waals surface area contributed by atoms with Gasteiger partial charge in [0.1, 0.15) is 6.61 Å². The van der Waals surface area contributed by atoms with Crippen molar-refractivity contribution in [2.45, 2.75) is 18.8 Å². The maximum Gasteiger partial charge on any atom is 0.407 e. The molecule has 0 spiro atoms. The van der Waals surface area contributed by atoms with Gasteiger partial charge in [-0.15, -0.1) is 0 Å². The van der Waals surface area contributed by atoms with Crippen LogP contribution in [-0.4, -0.2) is 32.3 Å². The fourth-order valence-electron chi connectivity index (χ4n) is 3.94. The summed E-state index contributed by atoms with van der Waals surface area (Å²) in [4.78, 5) is 12.1. The summed E-state index contributed by atoms with van der Waals surface area (Å²) in [5.41, 5.74) is 11.2. The number of carbonyl (C=O) groups is 1. The minimum absolute atomic E-state index is 0.115. The van der Waals surface area contributed by atoms with Gasteiger partial charge in [-0.1, -0.05) is 48.5 Å². The Morgan fingerprint density at radius 2 is 1.62 bits per heavy atom. The molecule has 5 heteroatoms. The molecule has 1 heterocycles. The van der Waals surface area contributed by atoms with Crippen LogP contribution in [-0.2, 0) is 4.74 Å². The summed E-state index contributed by atoms with van der Waals surface area (Å²) in [5, 5.41) is 2.88. The van der Waals surface area contributed by atoms with Gasteiger partial charge in [-0.05, 0) is 41.0 Å². The Morgan fingerprint density at radius 1 is 1.00 bits per heavy atom. The summed E-state index contributed by atoms with van der Waals surface area (Å²) < 4.78 is 5.54. The quantitative estimate of drug-likeness (QED) is 0.700. The van der Waals surface area contributed by atoms with E-state index in [-0.39, 0.29) is 12.0 Å². The molecule has 2 aromatic rings. The normalized spacial score (nSPS) is 16.3. The molecular formula is C21H25N3O2. The van der Waals surface area contributed by atoms with E-state index in [0.717, 1.165) is 25.9 Å². The number of alkyl carbamates (subject to hydrolysis) is 1. The molecule has 1 fully saturated rings. The Morgan fingerprint density at radius 3 is 2.27 bits per heavy atom. The van der Waals surface area contributed by atoms with Gasteiger partial charge in [0.2, 0.25) is 0 Å². The second-order valence-electron chi connectivity index (χ2n) is 7.02. The molecule has 4 rings (SSSR count). The van der Waals surface area contributed by atoms with Gasteiger partial charge in [-0.3, -0.25) is 10.9 Å². The zero-order valence-electron chi connectivity index (χ0n) is 14.8. The lowest BCUT2D eigenvalue weighted by molar-refractivity contribution is 0.142. The molecule has 0 unspecified atom stereocenters. The summed E-state index contributed by atoms with van der Waals surface area (Å²) in [7, 11) is 0. The number of carbonyl (C=O) groups excluding carboxylic acids is 1. The smallest absolute Gasteiger partial charge is 0.407 e. The van der Waals surface area contributed by atoms with Crippen molar-refractivity contribution in [2.75, 3.05) is 26.2 Å². The molecule has 1 amide bonds. The van der Waals surface area contributed by atoms with Gasteiger partial charge in [0.25, 0.3) is 0 Å². The van der Waals surface area contributed by atoms with Crippen molar-refractivity contribution >= 4 is 6.09 Å². The topological polar surface area (TPSA) is 62.4 Å². The molecule has 136 valence electrons. The number of hydrogen-bond donors (Lipinski definition) is 3. The average Bonchev–Trinajstić information content (AvgIpc) is 3.30. The highest BCUT2D eigenvalue weighted by atomic mass is 16.5. The largest absolute Gasteiger partial charge is 0.449 e. The molecule has 26 heavy (non-hydrogen) atoms. The number of hydrazine groups is 1. The van der Waals surface area contributed by atoms with Crippen LogP contribution in [0.15, 0.2) is 48.5 Å². The molecule has 5 nitrogen and oxygen atoms in total. The van der Waals surface area contributed by atoms with E-state index in [0.29, 0.717) is 19.1 Å². The minimum atomic E-state index is -0.325. The van der Waals surface area contributed by atoms with Gasteiger partial charge < -0.3 is 10.1 Å². The molecule has 1 aliphatic carbocycles. The number of nitrogens with one attached hydrogen (secondary N) is 3. The number of rotatable bonds is 6. The Hall–Kier alpha value is -2.37. The van der Waals surface area contributed by atoms with Crippen LogP contribution in [0, 0.1) is 5.92 Å². The second-order valence-corrected chi connectivity index (χ2v) is 7.02. The lowest BCUT2D eigenvalue weighted by Gasteiger charge is -2.15. The van der Waals surface area contributed by atoms with Crippen molar-refractivity contribution in [3.8, 4) is 11.1 Å². The highest BCUT2D eigenvalue weighted by molar-refractivity contribution is 5.79. The monoisotopic (exact) mass is 351 g/mol. The maximum absolute atomic E-state index is 12.1. The Kier molecular flexibility index (Phi) is 5.18. The van der Waals surface area contributed by atoms with E-state index in [1.807, 2.05) is 12.1 Å². The summed E-state index contributed by atoms with van der Waals surface area (Å²) in [6, 6.07) is 16.7. The average molecular weight is 351 g/mol. The third-order valence-electron chi connectivity index (χ3n) is 5.31. The zero-order chi connectivity index (χ0) is 17.8. The van der Waals surface area contributed by atoms with Gasteiger partial charge in [0.15, 0.2) is 0 Å². The van der Waals surface area contributed by atoms with E-state index in [1.165, 1.54) is 22.3 Å². The van der Waals surface area contributed by atoms with E-state index < -0.39 is 0 Å². The highest BCUT2D eigenvalue weighted by Crippen LogP contribution is 2.44. The van der Waals surface area contributed by atoms with Gasteiger partial charge >= 0.3 is 6.09 Å². The van der Waals surface area contributed by atoms with Gasteiger partial charge in [0, 0.05) is 25.6 Å². The van der Waals surface area contributed by atoms with Crippen LogP contribution in [0.5, 0.6) is 0 Å².